The largest absolute Gasteiger partial charge is 0.481 e. The van der Waals surface area contributed by atoms with Crippen molar-refractivity contribution in [3.8, 4) is 11.5 Å². The van der Waals surface area contributed by atoms with Gasteiger partial charge in [0.15, 0.2) is 6.33 Å². The lowest BCUT2D eigenvalue weighted by Crippen LogP contribution is -2.33. The third-order valence-corrected chi connectivity index (χ3v) is 7.85. The average Bonchev–Trinajstić information content (AvgIpc) is 3.59. The lowest BCUT2D eigenvalue weighted by molar-refractivity contribution is -0.136. The number of anilines is 1. The van der Waals surface area contributed by atoms with E-state index in [9.17, 15) is 14.4 Å². The van der Waals surface area contributed by atoms with Crippen molar-refractivity contribution >= 4 is 29.2 Å². The van der Waals surface area contributed by atoms with Crippen molar-refractivity contribution in [1.29, 1.82) is 0 Å². The lowest BCUT2D eigenvalue weighted by Gasteiger charge is -2.22. The van der Waals surface area contributed by atoms with Gasteiger partial charge in [0, 0.05) is 12.1 Å². The summed E-state index contributed by atoms with van der Waals surface area (Å²) < 4.78 is 5.38. The van der Waals surface area contributed by atoms with Gasteiger partial charge in [-0.25, -0.2) is 4.79 Å². The highest BCUT2D eigenvalue weighted by molar-refractivity contribution is 5.95. The zero-order valence-corrected chi connectivity index (χ0v) is 25.4. The highest BCUT2D eigenvalue weighted by Gasteiger charge is 2.22. The summed E-state index contributed by atoms with van der Waals surface area (Å²) in [6, 6.07) is 19.8. The number of carboxylic acid groups (broad SMARTS) is 1. The minimum Gasteiger partial charge on any atom is -0.481 e. The van der Waals surface area contributed by atoms with Gasteiger partial charge in [0.1, 0.15) is 0 Å². The number of hydrogen-bond donors (Lipinski definition) is 4. The van der Waals surface area contributed by atoms with E-state index in [1.807, 2.05) is 24.3 Å². The summed E-state index contributed by atoms with van der Waals surface area (Å²) in [7, 11) is 0. The molecule has 4 N–H and O–H groups in total. The van der Waals surface area contributed by atoms with Gasteiger partial charge in [-0.05, 0) is 77.6 Å². The van der Waals surface area contributed by atoms with Gasteiger partial charge in [0.2, 0.25) is 0 Å². The highest BCUT2D eigenvalue weighted by Crippen LogP contribution is 2.35. The Morgan fingerprint density at radius 1 is 0.956 bits per heavy atom. The number of rotatable bonds is 11. The van der Waals surface area contributed by atoms with Crippen LogP contribution in [-0.2, 0) is 4.79 Å². The molecule has 1 atom stereocenters. The number of carbonyl (C=O) groups is 3. The third kappa shape index (κ3) is 7.83. The van der Waals surface area contributed by atoms with Gasteiger partial charge in [0.25, 0.3) is 11.8 Å². The third-order valence-electron chi connectivity index (χ3n) is 7.85. The summed E-state index contributed by atoms with van der Waals surface area (Å²) in [4.78, 5) is 41.2. The number of nitrogens with one attached hydrogen (secondary N) is 3. The predicted octanol–water partition coefficient (Wildman–Crippen LogP) is 6.93. The van der Waals surface area contributed by atoms with Crippen LogP contribution in [0.3, 0.4) is 0 Å². The van der Waals surface area contributed by atoms with Gasteiger partial charge in [-0.3, -0.25) is 9.59 Å². The first-order valence-corrected chi connectivity index (χ1v) is 15.2. The topological polar surface area (TPSA) is 146 Å². The van der Waals surface area contributed by atoms with Crippen LogP contribution in [0, 0.1) is 0 Å². The van der Waals surface area contributed by atoms with Crippen molar-refractivity contribution in [2.75, 3.05) is 11.9 Å². The molecule has 0 saturated carbocycles. The molecule has 0 fully saturated rings. The van der Waals surface area contributed by atoms with Crippen LogP contribution >= 0.6 is 0 Å². The van der Waals surface area contributed by atoms with Crippen molar-refractivity contribution in [2.24, 2.45) is 0 Å². The zero-order chi connectivity index (χ0) is 31.8. The number of hydrogen-bond acceptors (Lipinski definition) is 6. The quantitative estimate of drug-likeness (QED) is 0.145. The van der Waals surface area contributed by atoms with Crippen LogP contribution in [0.5, 0.6) is 0 Å². The van der Waals surface area contributed by atoms with Gasteiger partial charge in [-0.15, -0.1) is 0 Å². The number of aromatic nitrogens is 2. The van der Waals surface area contributed by atoms with E-state index in [1.54, 1.807) is 30.3 Å². The first-order valence-electron chi connectivity index (χ1n) is 15.2. The molecule has 1 unspecified atom stereocenters. The smallest absolute Gasteiger partial charge is 0.320 e. The summed E-state index contributed by atoms with van der Waals surface area (Å²) in [5.74, 6) is -0.893. The molecule has 5 rings (SSSR count). The number of benzene rings is 3. The van der Waals surface area contributed by atoms with E-state index in [4.69, 9.17) is 9.63 Å². The summed E-state index contributed by atoms with van der Waals surface area (Å²) >= 11 is 0. The fourth-order valence-corrected chi connectivity index (χ4v) is 5.53. The van der Waals surface area contributed by atoms with Crippen molar-refractivity contribution in [2.45, 2.75) is 57.9 Å². The average molecular weight is 608 g/mol. The Labute approximate surface area is 261 Å². The zero-order valence-electron chi connectivity index (χ0n) is 25.4. The van der Waals surface area contributed by atoms with E-state index in [1.165, 1.54) is 30.3 Å². The van der Waals surface area contributed by atoms with Gasteiger partial charge in [-0.2, -0.15) is 4.98 Å². The molecule has 0 saturated heterocycles. The van der Waals surface area contributed by atoms with Crippen LogP contribution in [-0.4, -0.2) is 39.7 Å². The van der Waals surface area contributed by atoms with Crippen LogP contribution in [0.4, 0.5) is 10.5 Å². The highest BCUT2D eigenvalue weighted by atomic mass is 16.5. The van der Waals surface area contributed by atoms with Gasteiger partial charge < -0.3 is 25.6 Å². The number of carbonyl (C=O) groups excluding carboxylic acids is 2. The molecule has 3 aromatic carbocycles. The SMILES string of the molecule is CC(C)c1cccc(NC(=O)NC(c2ccc(C(=O)NCCC(=O)O)cc2)c2ccc(C3=CCCCC3)cc2)c1-c1ncno1. The minimum absolute atomic E-state index is 0.0344. The molecule has 0 aliphatic heterocycles. The van der Waals surface area contributed by atoms with Crippen LogP contribution in [0.1, 0.15) is 90.5 Å². The molecule has 4 aromatic rings. The maximum absolute atomic E-state index is 13.6. The summed E-state index contributed by atoms with van der Waals surface area (Å²) in [6.45, 7) is 4.14. The Hall–Kier alpha value is -5.25. The fraction of sp³-hybridized carbons (Fsp3) is 0.286. The molecule has 3 amide bonds. The molecule has 1 aliphatic carbocycles. The molecule has 0 radical (unpaired) electrons. The van der Waals surface area contributed by atoms with E-state index in [0.29, 0.717) is 22.7 Å². The van der Waals surface area contributed by atoms with E-state index in [-0.39, 0.29) is 24.8 Å². The monoisotopic (exact) mass is 607 g/mol. The van der Waals surface area contributed by atoms with Crippen LogP contribution in [0.15, 0.2) is 83.7 Å². The molecule has 1 aromatic heterocycles. The summed E-state index contributed by atoms with van der Waals surface area (Å²) in [6.07, 6.45) is 8.00. The number of aliphatic carboxylic acids is 1. The maximum Gasteiger partial charge on any atom is 0.320 e. The molecule has 10 nitrogen and oxygen atoms in total. The van der Waals surface area contributed by atoms with E-state index in [0.717, 1.165) is 29.5 Å². The van der Waals surface area contributed by atoms with Crippen molar-refractivity contribution < 1.29 is 24.0 Å². The Bertz CT molecular complexity index is 1660. The first kappa shape index (κ1) is 31.2. The van der Waals surface area contributed by atoms with Crippen LogP contribution in [0.2, 0.25) is 0 Å². The fourth-order valence-electron chi connectivity index (χ4n) is 5.53. The Morgan fingerprint density at radius 3 is 2.31 bits per heavy atom. The minimum atomic E-state index is -0.983. The summed E-state index contributed by atoms with van der Waals surface area (Å²) in [5, 5.41) is 21.3. The van der Waals surface area contributed by atoms with Gasteiger partial charge >= 0.3 is 12.0 Å². The van der Waals surface area contributed by atoms with E-state index in [2.05, 4.69) is 58.1 Å². The molecule has 0 spiro atoms. The standard InChI is InChI=1S/C35H37N5O5/c1-22(2)28-9-6-10-29(31(28)34-37-21-38-45-34)39-35(44)40-32(25-13-11-24(12-14-25)23-7-4-3-5-8-23)26-15-17-27(18-16-26)33(43)36-20-19-30(41)42/h6-7,9-18,21-22,32H,3-5,8,19-20H2,1-2H3,(H,36,43)(H,41,42)(H2,39,40,44). The Morgan fingerprint density at radius 2 is 1.69 bits per heavy atom. The molecular weight excluding hydrogens is 570 g/mol. The number of urea groups is 1. The molecule has 0 bridgehead atoms. The molecule has 45 heavy (non-hydrogen) atoms. The second-order valence-electron chi connectivity index (χ2n) is 11.3. The van der Waals surface area contributed by atoms with Crippen LogP contribution < -0.4 is 16.0 Å². The molecule has 1 aliphatic rings. The summed E-state index contributed by atoms with van der Waals surface area (Å²) in [5.41, 5.74) is 6.70. The van der Waals surface area contributed by atoms with Gasteiger partial charge in [-0.1, -0.05) is 73.6 Å². The van der Waals surface area contributed by atoms with E-state index < -0.39 is 18.0 Å². The number of amides is 3. The van der Waals surface area contributed by atoms with Crippen molar-refractivity contribution in [1.82, 2.24) is 20.8 Å². The Kier molecular flexibility index (Phi) is 10.0. The predicted molar refractivity (Wildman–Crippen MR) is 172 cm³/mol. The van der Waals surface area contributed by atoms with E-state index >= 15 is 0 Å². The van der Waals surface area contributed by atoms with Crippen molar-refractivity contribution in [3.63, 3.8) is 0 Å². The second-order valence-corrected chi connectivity index (χ2v) is 11.3. The molecule has 10 heteroatoms. The van der Waals surface area contributed by atoms with Crippen LogP contribution in [0.25, 0.3) is 17.0 Å². The molecule has 232 valence electrons. The van der Waals surface area contributed by atoms with Crippen molar-refractivity contribution in [3.05, 3.63) is 107 Å². The normalized spacial score (nSPS) is 13.5. The maximum atomic E-state index is 13.6. The first-order chi connectivity index (χ1) is 21.8. The number of carboxylic acids is 1. The number of allylic oxidation sites excluding steroid dienone is 2. The second kappa shape index (κ2) is 14.5. The number of nitrogens with zero attached hydrogens (tertiary/aromatic N) is 2. The lowest BCUT2D eigenvalue weighted by atomic mass is 9.91. The van der Waals surface area contributed by atoms with Gasteiger partial charge in [0.05, 0.1) is 23.7 Å². The Balaban J connectivity index is 1.42. The molecule has 1 heterocycles. The molecular formula is C35H37N5O5.